The molecular weight excluding hydrogens is 387 g/mol. The number of alkyl halides is 2. The molecule has 0 saturated carbocycles. The van der Waals surface area contributed by atoms with Crippen molar-refractivity contribution < 1.29 is 22.7 Å². The van der Waals surface area contributed by atoms with E-state index in [9.17, 15) is 18.0 Å². The molecule has 1 N–H and O–H groups in total. The van der Waals surface area contributed by atoms with E-state index in [1.807, 2.05) is 0 Å². The second-order valence-electron chi connectivity index (χ2n) is 5.03. The van der Waals surface area contributed by atoms with Gasteiger partial charge in [-0.15, -0.1) is 0 Å². The van der Waals surface area contributed by atoms with Crippen LogP contribution in [0, 0.1) is 5.82 Å². The molecule has 0 bridgehead atoms. The minimum absolute atomic E-state index is 0.0725. The van der Waals surface area contributed by atoms with Gasteiger partial charge in [0.25, 0.3) is 0 Å². The number of nitrogens with one attached hydrogen (secondary N) is 1. The summed E-state index contributed by atoms with van der Waals surface area (Å²) in [5.74, 6) is -0.529. The van der Waals surface area contributed by atoms with Gasteiger partial charge in [0.2, 0.25) is 5.91 Å². The lowest BCUT2D eigenvalue weighted by Gasteiger charge is -2.08. The third kappa shape index (κ3) is 5.88. The summed E-state index contributed by atoms with van der Waals surface area (Å²) in [6.07, 6.45) is 0.659. The van der Waals surface area contributed by atoms with E-state index in [4.69, 9.17) is 0 Å². The van der Waals surface area contributed by atoms with Crippen molar-refractivity contribution >= 4 is 21.8 Å². The Morgan fingerprint density at radius 3 is 2.54 bits per heavy atom. The van der Waals surface area contributed by atoms with E-state index in [0.29, 0.717) is 12.0 Å². The van der Waals surface area contributed by atoms with Gasteiger partial charge >= 0.3 is 6.61 Å². The summed E-state index contributed by atoms with van der Waals surface area (Å²) in [7, 11) is 0. The SMILES string of the molecule is O=C(CCc1ccc(OC(F)F)cc1)NCc1cc(Br)ccc1F. The highest BCUT2D eigenvalue weighted by molar-refractivity contribution is 9.10. The Bertz CT molecular complexity index is 693. The molecule has 3 nitrogen and oxygen atoms in total. The van der Waals surface area contributed by atoms with Crippen LogP contribution in [0.3, 0.4) is 0 Å². The molecule has 7 heteroatoms. The zero-order valence-electron chi connectivity index (χ0n) is 12.6. The summed E-state index contributed by atoms with van der Waals surface area (Å²) in [5, 5.41) is 2.65. The average Bonchev–Trinajstić information content (AvgIpc) is 2.54. The lowest BCUT2D eigenvalue weighted by atomic mass is 10.1. The maximum absolute atomic E-state index is 13.6. The van der Waals surface area contributed by atoms with Crippen molar-refractivity contribution in [1.82, 2.24) is 5.32 Å². The third-order valence-electron chi connectivity index (χ3n) is 3.27. The van der Waals surface area contributed by atoms with Gasteiger partial charge in [0, 0.05) is 23.0 Å². The lowest BCUT2D eigenvalue weighted by molar-refractivity contribution is -0.121. The van der Waals surface area contributed by atoms with Gasteiger partial charge in [0.15, 0.2) is 0 Å². The van der Waals surface area contributed by atoms with Crippen LogP contribution in [0.15, 0.2) is 46.9 Å². The van der Waals surface area contributed by atoms with Gasteiger partial charge in [0.05, 0.1) is 0 Å². The first kappa shape index (κ1) is 18.3. The van der Waals surface area contributed by atoms with E-state index in [1.165, 1.54) is 18.2 Å². The Hall–Kier alpha value is -2.02. The number of carbonyl (C=O) groups excluding carboxylic acids is 1. The van der Waals surface area contributed by atoms with Gasteiger partial charge in [-0.1, -0.05) is 28.1 Å². The summed E-state index contributed by atoms with van der Waals surface area (Å²) < 4.78 is 42.6. The third-order valence-corrected chi connectivity index (χ3v) is 3.77. The Balaban J connectivity index is 1.79. The molecule has 2 rings (SSSR count). The lowest BCUT2D eigenvalue weighted by Crippen LogP contribution is -2.23. The molecule has 0 atom stereocenters. The van der Waals surface area contributed by atoms with Crippen molar-refractivity contribution in [2.45, 2.75) is 26.0 Å². The molecule has 128 valence electrons. The summed E-state index contributed by atoms with van der Waals surface area (Å²) in [4.78, 5) is 11.8. The Labute approximate surface area is 146 Å². The molecule has 0 aliphatic carbocycles. The summed E-state index contributed by atoms with van der Waals surface area (Å²) in [6, 6.07) is 10.6. The van der Waals surface area contributed by atoms with Crippen LogP contribution in [0.25, 0.3) is 0 Å². The number of hydrogen-bond acceptors (Lipinski definition) is 2. The zero-order valence-corrected chi connectivity index (χ0v) is 14.2. The molecule has 0 unspecified atom stereocenters. The normalized spacial score (nSPS) is 10.7. The van der Waals surface area contributed by atoms with E-state index in [-0.39, 0.29) is 30.4 Å². The van der Waals surface area contributed by atoms with Crippen molar-refractivity contribution in [2.75, 3.05) is 0 Å². The summed E-state index contributed by atoms with van der Waals surface area (Å²) in [6.45, 7) is -2.76. The van der Waals surface area contributed by atoms with Crippen molar-refractivity contribution in [1.29, 1.82) is 0 Å². The molecule has 0 aliphatic rings. The van der Waals surface area contributed by atoms with Gasteiger partial charge in [-0.25, -0.2) is 4.39 Å². The topological polar surface area (TPSA) is 38.3 Å². The van der Waals surface area contributed by atoms with Crippen LogP contribution in [-0.2, 0) is 17.8 Å². The number of ether oxygens (including phenoxy) is 1. The number of carbonyl (C=O) groups is 1. The first-order chi connectivity index (χ1) is 11.4. The van der Waals surface area contributed by atoms with Crippen LogP contribution in [0.5, 0.6) is 5.75 Å². The van der Waals surface area contributed by atoms with Crippen molar-refractivity contribution in [3.63, 3.8) is 0 Å². The van der Waals surface area contributed by atoms with Crippen molar-refractivity contribution in [2.24, 2.45) is 0 Å². The van der Waals surface area contributed by atoms with Gasteiger partial charge in [0.1, 0.15) is 11.6 Å². The highest BCUT2D eigenvalue weighted by Crippen LogP contribution is 2.17. The van der Waals surface area contributed by atoms with Crippen LogP contribution < -0.4 is 10.1 Å². The Morgan fingerprint density at radius 1 is 1.17 bits per heavy atom. The zero-order chi connectivity index (χ0) is 17.5. The van der Waals surface area contributed by atoms with E-state index in [2.05, 4.69) is 26.0 Å². The van der Waals surface area contributed by atoms with Crippen LogP contribution in [0.2, 0.25) is 0 Å². The first-order valence-corrected chi connectivity index (χ1v) is 7.97. The number of rotatable bonds is 7. The molecular formula is C17H15BrF3NO2. The molecule has 0 aromatic heterocycles. The molecule has 0 saturated heterocycles. The van der Waals surface area contributed by atoms with Crippen molar-refractivity contribution in [3.8, 4) is 5.75 Å². The standard InChI is InChI=1S/C17H15BrF3NO2/c18-13-4-7-15(19)12(9-13)10-22-16(23)8-3-11-1-5-14(6-2-11)24-17(20)21/h1-2,4-7,9,17H,3,8,10H2,(H,22,23). The molecule has 24 heavy (non-hydrogen) atoms. The molecule has 2 aromatic carbocycles. The molecule has 0 heterocycles. The smallest absolute Gasteiger partial charge is 0.387 e. The highest BCUT2D eigenvalue weighted by atomic mass is 79.9. The predicted molar refractivity (Wildman–Crippen MR) is 87.3 cm³/mol. The molecule has 0 aliphatic heterocycles. The Kier molecular flexibility index (Phi) is 6.66. The molecule has 2 aromatic rings. The van der Waals surface area contributed by atoms with E-state index in [0.717, 1.165) is 10.0 Å². The van der Waals surface area contributed by atoms with Gasteiger partial charge < -0.3 is 10.1 Å². The maximum atomic E-state index is 13.6. The molecule has 0 fully saturated rings. The maximum Gasteiger partial charge on any atom is 0.387 e. The molecule has 0 radical (unpaired) electrons. The number of benzene rings is 2. The Morgan fingerprint density at radius 2 is 1.88 bits per heavy atom. The summed E-state index contributed by atoms with van der Waals surface area (Å²) >= 11 is 3.25. The van der Waals surface area contributed by atoms with Gasteiger partial charge in [-0.3, -0.25) is 4.79 Å². The second kappa shape index (κ2) is 8.73. The summed E-state index contributed by atoms with van der Waals surface area (Å²) in [5.41, 5.74) is 1.21. The van der Waals surface area contributed by atoms with Crippen LogP contribution in [0.4, 0.5) is 13.2 Å². The fourth-order valence-corrected chi connectivity index (χ4v) is 2.46. The fourth-order valence-electron chi connectivity index (χ4n) is 2.06. The monoisotopic (exact) mass is 401 g/mol. The minimum Gasteiger partial charge on any atom is -0.435 e. The second-order valence-corrected chi connectivity index (χ2v) is 5.95. The van der Waals surface area contributed by atoms with Gasteiger partial charge in [-0.05, 0) is 42.3 Å². The quantitative estimate of drug-likeness (QED) is 0.744. The van der Waals surface area contributed by atoms with Gasteiger partial charge in [-0.2, -0.15) is 8.78 Å². The number of amides is 1. The van der Waals surface area contributed by atoms with E-state index >= 15 is 0 Å². The largest absolute Gasteiger partial charge is 0.435 e. The first-order valence-electron chi connectivity index (χ1n) is 7.18. The van der Waals surface area contributed by atoms with Crippen LogP contribution in [0.1, 0.15) is 17.5 Å². The van der Waals surface area contributed by atoms with Crippen molar-refractivity contribution in [3.05, 3.63) is 63.9 Å². The minimum atomic E-state index is -2.86. The van der Waals surface area contributed by atoms with Crippen LogP contribution >= 0.6 is 15.9 Å². The highest BCUT2D eigenvalue weighted by Gasteiger charge is 2.07. The predicted octanol–water partition coefficient (Wildman–Crippen LogP) is 4.44. The number of hydrogen-bond donors (Lipinski definition) is 1. The number of aryl methyl sites for hydroxylation is 1. The fraction of sp³-hybridized carbons (Fsp3) is 0.235. The molecule has 1 amide bonds. The van der Waals surface area contributed by atoms with Crippen LogP contribution in [-0.4, -0.2) is 12.5 Å². The molecule has 0 spiro atoms. The number of halogens is 4. The average molecular weight is 402 g/mol. The van der Waals surface area contributed by atoms with E-state index < -0.39 is 6.61 Å². The van der Waals surface area contributed by atoms with E-state index in [1.54, 1.807) is 24.3 Å².